The van der Waals surface area contributed by atoms with E-state index >= 15 is 0 Å². The van der Waals surface area contributed by atoms with Crippen LogP contribution in [0.2, 0.25) is 0 Å². The van der Waals surface area contributed by atoms with E-state index < -0.39 is 10.4 Å². The Morgan fingerprint density at radius 3 is 2.78 bits per heavy atom. The highest BCUT2D eigenvalue weighted by molar-refractivity contribution is 7.99. The molecule has 0 fully saturated rings. The topological polar surface area (TPSA) is 126 Å². The standard InChI is InChI=1S/C25H19N5O4S3/c1-13-20-23-21(29-12-28-20)19-7-6-16(35-19)11-26-24(31)14-4-3-5-17(8-14)37(32,33)30-18-9-15(22(13)36-23)10-27-25(18)34-2/h3-10,12H,11H2,1-2H3,(H2-,26,30,31,32,33)/p+1. The number of thiophene rings is 2. The number of ether oxygens (including phenoxy) is 1. The van der Waals surface area contributed by atoms with Crippen molar-refractivity contribution in [1.82, 2.24) is 20.3 Å². The van der Waals surface area contributed by atoms with Crippen LogP contribution in [0.15, 0.2) is 59.9 Å². The lowest BCUT2D eigenvalue weighted by molar-refractivity contribution is 0.0951. The number of methoxy groups -OCH3 is 1. The molecule has 1 aliphatic heterocycles. The van der Waals surface area contributed by atoms with Gasteiger partial charge in [0.1, 0.15) is 17.7 Å². The van der Waals surface area contributed by atoms with E-state index in [4.69, 9.17) is 4.74 Å². The fourth-order valence-corrected chi connectivity index (χ4v) is 7.55. The predicted molar refractivity (Wildman–Crippen MR) is 145 cm³/mol. The summed E-state index contributed by atoms with van der Waals surface area (Å²) in [7, 11) is -2.36. The number of nitrogens with zero attached hydrogens (tertiary/aromatic N) is 3. The Labute approximate surface area is 221 Å². The van der Waals surface area contributed by atoms with Crippen molar-refractivity contribution in [3.63, 3.8) is 0 Å². The number of hydrogen-bond donors (Lipinski definition) is 3. The van der Waals surface area contributed by atoms with Crippen molar-refractivity contribution in [2.45, 2.75) is 18.4 Å². The van der Waals surface area contributed by atoms with Crippen LogP contribution in [0.1, 0.15) is 20.8 Å². The van der Waals surface area contributed by atoms with Crippen LogP contribution in [-0.4, -0.2) is 32.5 Å². The maximum Gasteiger partial charge on any atom is 0.346 e. The SMILES string of the molecule is COc1ncc2cc1N[S+](=O)(O)c1cccc(c1)C(=O)NCc1ccc(s1)-c1ncnc3c(C)c-2sc13. The molecule has 4 aromatic heterocycles. The predicted octanol–water partition coefficient (Wildman–Crippen LogP) is 5.40. The minimum Gasteiger partial charge on any atom is -0.479 e. The highest BCUT2D eigenvalue weighted by Crippen LogP contribution is 2.43. The Bertz CT molecular complexity index is 1750. The molecular formula is C25H20N5O4S3+. The quantitative estimate of drug-likeness (QED) is 0.239. The molecule has 37 heavy (non-hydrogen) atoms. The van der Waals surface area contributed by atoms with E-state index in [1.165, 1.54) is 30.6 Å². The minimum absolute atomic E-state index is 0.0603. The van der Waals surface area contributed by atoms with Crippen LogP contribution in [0.25, 0.3) is 31.2 Å². The van der Waals surface area contributed by atoms with Crippen molar-refractivity contribution < 1.29 is 18.3 Å². The number of carbonyl (C=O) groups is 1. The highest BCUT2D eigenvalue weighted by atomic mass is 32.3. The van der Waals surface area contributed by atoms with Crippen LogP contribution >= 0.6 is 22.7 Å². The van der Waals surface area contributed by atoms with Gasteiger partial charge in [-0.3, -0.25) is 4.79 Å². The number of hydrogen-bond acceptors (Lipinski definition) is 8. The molecule has 186 valence electrons. The summed E-state index contributed by atoms with van der Waals surface area (Å²) < 4.78 is 33.4. The van der Waals surface area contributed by atoms with Gasteiger partial charge in [-0.25, -0.2) is 15.0 Å². The van der Waals surface area contributed by atoms with E-state index in [2.05, 4.69) is 25.0 Å². The summed E-state index contributed by atoms with van der Waals surface area (Å²) in [6.07, 6.45) is 3.22. The number of anilines is 1. The molecule has 9 nitrogen and oxygen atoms in total. The zero-order chi connectivity index (χ0) is 25.7. The number of nitrogens with one attached hydrogen (secondary N) is 2. The second-order valence-electron chi connectivity index (χ2n) is 8.34. The molecule has 0 radical (unpaired) electrons. The van der Waals surface area contributed by atoms with Crippen molar-refractivity contribution in [2.75, 3.05) is 11.8 Å². The minimum atomic E-state index is -3.80. The molecule has 8 bridgehead atoms. The molecule has 12 heteroatoms. The maximum absolute atomic E-state index is 13.4. The number of fused-ring (bicyclic) bond motifs is 9. The fourth-order valence-electron chi connectivity index (χ4n) is 4.17. The van der Waals surface area contributed by atoms with Gasteiger partial charge in [-0.1, -0.05) is 6.07 Å². The monoisotopic (exact) mass is 550 g/mol. The summed E-state index contributed by atoms with van der Waals surface area (Å²) in [6, 6.07) is 11.8. The Kier molecular flexibility index (Phi) is 5.75. The van der Waals surface area contributed by atoms with Crippen molar-refractivity contribution in [3.8, 4) is 26.9 Å². The molecule has 5 heterocycles. The van der Waals surface area contributed by atoms with Gasteiger partial charge in [-0.05, 0) is 47.0 Å². The summed E-state index contributed by atoms with van der Waals surface area (Å²) in [4.78, 5) is 29.3. The number of amides is 1. The molecule has 5 aromatic rings. The average molecular weight is 551 g/mol. The van der Waals surface area contributed by atoms with Crippen LogP contribution in [0.3, 0.4) is 0 Å². The van der Waals surface area contributed by atoms with Gasteiger partial charge >= 0.3 is 10.4 Å². The molecule has 1 unspecified atom stereocenters. The number of rotatable bonds is 1. The molecule has 1 amide bonds. The van der Waals surface area contributed by atoms with Crippen LogP contribution in [0.4, 0.5) is 5.69 Å². The highest BCUT2D eigenvalue weighted by Gasteiger charge is 2.32. The van der Waals surface area contributed by atoms with E-state index in [9.17, 15) is 13.6 Å². The number of benzene rings is 1. The zero-order valence-electron chi connectivity index (χ0n) is 19.6. The fraction of sp³-hybridized carbons (Fsp3) is 0.120. The first-order valence-corrected chi connectivity index (χ1v) is 14.3. The third-order valence-corrected chi connectivity index (χ3v) is 9.81. The van der Waals surface area contributed by atoms with Crippen molar-refractivity contribution >= 4 is 54.9 Å². The number of pyridine rings is 1. The number of aryl methyl sites for hydroxylation is 1. The third kappa shape index (κ3) is 4.17. The Morgan fingerprint density at radius 2 is 1.95 bits per heavy atom. The largest absolute Gasteiger partial charge is 0.479 e. The second kappa shape index (κ2) is 8.99. The van der Waals surface area contributed by atoms with Crippen LogP contribution in [0, 0.1) is 6.92 Å². The van der Waals surface area contributed by atoms with Crippen LogP contribution in [-0.2, 0) is 21.2 Å². The van der Waals surface area contributed by atoms with E-state index in [1.807, 2.05) is 19.1 Å². The normalized spacial score (nSPS) is 17.1. The van der Waals surface area contributed by atoms with Crippen molar-refractivity contribution in [3.05, 3.63) is 71.0 Å². The molecule has 0 aliphatic carbocycles. The van der Waals surface area contributed by atoms with E-state index in [0.29, 0.717) is 6.54 Å². The summed E-state index contributed by atoms with van der Waals surface area (Å²) in [5, 5.41) is 2.89. The average Bonchev–Trinajstić information content (AvgIpc) is 3.51. The Morgan fingerprint density at radius 1 is 1.08 bits per heavy atom. The van der Waals surface area contributed by atoms with Gasteiger partial charge in [0.05, 0.1) is 28.7 Å². The van der Waals surface area contributed by atoms with Crippen molar-refractivity contribution in [1.29, 1.82) is 0 Å². The van der Waals surface area contributed by atoms with Gasteiger partial charge in [0.25, 0.3) is 5.91 Å². The Balaban J connectivity index is 1.58. The first-order chi connectivity index (χ1) is 17.8. The van der Waals surface area contributed by atoms with Gasteiger partial charge < -0.3 is 10.1 Å². The number of carbonyl (C=O) groups excluding carboxylic acids is 1. The van der Waals surface area contributed by atoms with Crippen LogP contribution < -0.4 is 14.8 Å². The van der Waals surface area contributed by atoms with Gasteiger partial charge in [-0.2, -0.15) is 9.27 Å². The smallest absolute Gasteiger partial charge is 0.346 e. The maximum atomic E-state index is 13.4. The molecule has 1 atom stereocenters. The Hall–Kier alpha value is -3.71. The molecule has 0 saturated heterocycles. The molecule has 0 spiro atoms. The molecular weight excluding hydrogens is 531 g/mol. The van der Waals surface area contributed by atoms with Gasteiger partial charge in [0.15, 0.2) is 0 Å². The second-order valence-corrected chi connectivity index (χ2v) is 12.3. The lowest BCUT2D eigenvalue weighted by atomic mass is 10.1. The molecule has 1 aliphatic rings. The van der Waals surface area contributed by atoms with Crippen molar-refractivity contribution in [2.24, 2.45) is 0 Å². The summed E-state index contributed by atoms with van der Waals surface area (Å²) in [5.41, 5.74) is 3.87. The van der Waals surface area contributed by atoms with Gasteiger partial charge in [0, 0.05) is 33.1 Å². The summed E-state index contributed by atoms with van der Waals surface area (Å²) in [6.45, 7) is 2.30. The summed E-state index contributed by atoms with van der Waals surface area (Å²) in [5.74, 6) is -0.184. The lowest BCUT2D eigenvalue weighted by Crippen LogP contribution is -2.24. The van der Waals surface area contributed by atoms with E-state index in [0.717, 1.165) is 41.7 Å². The van der Waals surface area contributed by atoms with Crippen LogP contribution in [0.5, 0.6) is 5.88 Å². The molecule has 6 rings (SSSR count). The first-order valence-electron chi connectivity index (χ1n) is 11.1. The third-order valence-electron chi connectivity index (χ3n) is 5.99. The van der Waals surface area contributed by atoms with Gasteiger partial charge in [-0.15, -0.1) is 22.7 Å². The summed E-state index contributed by atoms with van der Waals surface area (Å²) >= 11 is 3.08. The van der Waals surface area contributed by atoms with Gasteiger partial charge in [0.2, 0.25) is 10.8 Å². The molecule has 1 aromatic carbocycles. The van der Waals surface area contributed by atoms with E-state index in [1.54, 1.807) is 42.1 Å². The molecule has 0 saturated carbocycles. The molecule has 3 N–H and O–H groups in total. The number of aromatic nitrogens is 3. The first kappa shape index (κ1) is 23.7. The zero-order valence-corrected chi connectivity index (χ0v) is 22.1. The van der Waals surface area contributed by atoms with E-state index in [-0.39, 0.29) is 27.9 Å². The lowest BCUT2D eigenvalue weighted by Gasteiger charge is -2.12.